The first kappa shape index (κ1) is 36.2. The van der Waals surface area contributed by atoms with E-state index >= 15 is 0 Å². The van der Waals surface area contributed by atoms with Crippen LogP contribution in [0.3, 0.4) is 0 Å². The molecule has 0 saturated carbocycles. The summed E-state index contributed by atoms with van der Waals surface area (Å²) >= 11 is 0. The fourth-order valence-electron chi connectivity index (χ4n) is 1.49. The Morgan fingerprint density at radius 1 is 0.708 bits per heavy atom. The molecule has 0 atom stereocenters. The molecule has 0 aromatic carbocycles. The molecule has 0 spiro atoms. The second-order valence-electron chi connectivity index (χ2n) is 5.13. The third-order valence-corrected chi connectivity index (χ3v) is 2.93. The number of carboxylic acid groups (broad SMARTS) is 2. The molecule has 4 nitrogen and oxygen atoms in total. The zero-order valence-electron chi connectivity index (χ0n) is 16.5. The number of hydrogen-bond acceptors (Lipinski definition) is 4. The number of unbranched alkanes of at least 4 members (excludes halogenated alkanes) is 9. The maximum atomic E-state index is 9.26. The molecule has 0 radical (unpaired) electrons. The summed E-state index contributed by atoms with van der Waals surface area (Å²) in [5, 5.41) is 18.5. The van der Waals surface area contributed by atoms with Crippen molar-refractivity contribution in [3.63, 3.8) is 0 Å². The molecule has 0 unspecified atom stereocenters. The maximum Gasteiger partial charge on any atom is 2.00 e. The van der Waals surface area contributed by atoms with E-state index < -0.39 is 11.9 Å². The molecule has 24 heavy (non-hydrogen) atoms. The molecule has 0 amide bonds. The van der Waals surface area contributed by atoms with Gasteiger partial charge in [0.1, 0.15) is 0 Å². The van der Waals surface area contributed by atoms with E-state index in [2.05, 4.69) is 13.8 Å². The summed E-state index contributed by atoms with van der Waals surface area (Å²) in [6.07, 6.45) is 14.1. The zero-order chi connectivity index (χ0) is 17.6. The van der Waals surface area contributed by atoms with Crippen molar-refractivity contribution >= 4 is 49.7 Å². The Labute approximate surface area is 201 Å². The predicted molar refractivity (Wildman–Crippen MR) is 93.6 cm³/mol. The van der Waals surface area contributed by atoms with Crippen LogP contribution in [0.15, 0.2) is 0 Å². The molecule has 0 aliphatic rings. The minimum absolute atomic E-state index is 0. The minimum atomic E-state index is -0.995. The summed E-state index contributed by atoms with van der Waals surface area (Å²) in [6.45, 7) is 9.19. The van der Waals surface area contributed by atoms with Crippen molar-refractivity contribution in [2.45, 2.75) is 97.8 Å². The van der Waals surface area contributed by atoms with Gasteiger partial charge in [-0.2, -0.15) is 6.42 Å². The van der Waals surface area contributed by atoms with Gasteiger partial charge < -0.3 is 26.7 Å². The second kappa shape index (κ2) is 35.3. The summed E-state index contributed by atoms with van der Waals surface area (Å²) in [6, 6.07) is 0. The first-order valence-electron chi connectivity index (χ1n) is 8.64. The Morgan fingerprint density at radius 2 is 0.958 bits per heavy atom. The van der Waals surface area contributed by atoms with Crippen LogP contribution in [-0.2, 0) is 9.59 Å². The van der Waals surface area contributed by atoms with Gasteiger partial charge in [0.2, 0.25) is 0 Å². The van der Waals surface area contributed by atoms with E-state index in [4.69, 9.17) is 0 Å². The van der Waals surface area contributed by atoms with E-state index in [1.165, 1.54) is 71.6 Å². The Kier molecular flexibility index (Phi) is 53.2. The molecule has 134 valence electrons. The van der Waals surface area contributed by atoms with E-state index in [9.17, 15) is 19.8 Å². The first-order valence-corrected chi connectivity index (χ1v) is 8.64. The minimum Gasteiger partial charge on any atom is -0.550 e. The van der Waals surface area contributed by atoms with Gasteiger partial charge in [-0.1, -0.05) is 78.6 Å². The zero-order valence-corrected chi connectivity index (χ0v) is 20.7. The van der Waals surface area contributed by atoms with Crippen LogP contribution < -0.4 is 39.8 Å². The Bertz CT molecular complexity index is 215. The number of carbonyl (C=O) groups excluding carboxylic acids is 2. The quantitative estimate of drug-likeness (QED) is 0.280. The van der Waals surface area contributed by atoms with Crippen molar-refractivity contribution in [2.24, 2.45) is 0 Å². The Hall–Kier alpha value is 1.20. The Morgan fingerprint density at radius 3 is 1.17 bits per heavy atom. The van der Waals surface area contributed by atoms with Crippen LogP contribution in [0.5, 0.6) is 0 Å². The molecule has 6 heteroatoms. The average molecular weight is 379 g/mol. The van der Waals surface area contributed by atoms with E-state index in [1.807, 2.05) is 0 Å². The molecule has 0 saturated heterocycles. The molecule has 0 heterocycles. The van der Waals surface area contributed by atoms with Crippen LogP contribution in [0.4, 0.5) is 0 Å². The third-order valence-electron chi connectivity index (χ3n) is 2.93. The molecule has 0 aromatic rings. The van der Waals surface area contributed by atoms with Crippen LogP contribution in [0.1, 0.15) is 97.8 Å². The molecule has 0 bridgehead atoms. The van der Waals surface area contributed by atoms with Gasteiger partial charge in [-0.05, 0) is 12.8 Å². The summed E-state index contributed by atoms with van der Waals surface area (Å²) in [5.41, 5.74) is 0. The van der Waals surface area contributed by atoms with E-state index in [0.29, 0.717) is 0 Å². The molecule has 0 aliphatic carbocycles. The van der Waals surface area contributed by atoms with Gasteiger partial charge in [0.25, 0.3) is 0 Å². The normalized spacial score (nSPS) is 8.33. The number of carboxylic acids is 2. The van der Waals surface area contributed by atoms with E-state index in [-0.39, 0.29) is 80.1 Å². The molecule has 0 rings (SSSR count). The first-order chi connectivity index (χ1) is 10.5. The van der Waals surface area contributed by atoms with Gasteiger partial charge in [0.05, 0.1) is 0 Å². The fourth-order valence-corrected chi connectivity index (χ4v) is 1.49. The summed E-state index contributed by atoms with van der Waals surface area (Å²) in [4.78, 5) is 18.5. The summed E-state index contributed by atoms with van der Waals surface area (Å²) in [5.74, 6) is -1.99. The van der Waals surface area contributed by atoms with Crippen molar-refractivity contribution < 1.29 is 49.4 Å². The number of rotatable bonds is 11. The van der Waals surface area contributed by atoms with Crippen molar-refractivity contribution in [1.82, 2.24) is 0 Å². The molecular formula is C18H35CaNaO4. The third kappa shape index (κ3) is 56.7. The topological polar surface area (TPSA) is 80.3 Å². The van der Waals surface area contributed by atoms with Crippen LogP contribution in [0, 0.1) is 6.92 Å². The maximum absolute atomic E-state index is 9.26. The van der Waals surface area contributed by atoms with Crippen LogP contribution >= 0.6 is 0 Å². The van der Waals surface area contributed by atoms with Gasteiger partial charge in [-0.15, -0.1) is 0 Å². The monoisotopic (exact) mass is 378 g/mol. The van der Waals surface area contributed by atoms with Crippen LogP contribution in [0.2, 0.25) is 0 Å². The van der Waals surface area contributed by atoms with Gasteiger partial charge in [-0.3, -0.25) is 0 Å². The van der Waals surface area contributed by atoms with Gasteiger partial charge >= 0.3 is 67.3 Å². The van der Waals surface area contributed by atoms with Crippen LogP contribution in [-0.4, -0.2) is 49.7 Å². The van der Waals surface area contributed by atoms with Crippen molar-refractivity contribution in [3.05, 3.63) is 6.92 Å². The van der Waals surface area contributed by atoms with Gasteiger partial charge in [0, 0.05) is 11.9 Å². The summed E-state index contributed by atoms with van der Waals surface area (Å²) < 4.78 is 0. The van der Waals surface area contributed by atoms with E-state index in [1.54, 1.807) is 0 Å². The molecule has 0 N–H and O–H groups in total. The Balaban J connectivity index is -0.0000000847. The second-order valence-corrected chi connectivity index (χ2v) is 5.13. The van der Waals surface area contributed by atoms with Crippen molar-refractivity contribution in [1.29, 1.82) is 0 Å². The molecule has 0 aromatic heterocycles. The summed E-state index contributed by atoms with van der Waals surface area (Å²) in [7, 11) is 0. The van der Waals surface area contributed by atoms with Crippen molar-refractivity contribution in [2.75, 3.05) is 0 Å². The average Bonchev–Trinajstić information content (AvgIpc) is 2.51. The van der Waals surface area contributed by atoms with Gasteiger partial charge in [-0.25, -0.2) is 0 Å². The molecule has 0 fully saturated rings. The number of hydrogen-bond donors (Lipinski definition) is 0. The number of carbonyl (C=O) groups is 2. The smallest absolute Gasteiger partial charge is 0.550 e. The number of aliphatic carboxylic acids is 2. The molecule has 0 aliphatic heterocycles. The van der Waals surface area contributed by atoms with E-state index in [0.717, 1.165) is 6.42 Å². The fraction of sp³-hybridized carbons (Fsp3) is 0.833. The standard InChI is InChI=1S/C12H25.2C3H6O2.Ca.Na/c1-3-5-7-9-11-12-10-8-6-4-2;2*1-2-3(4)5;;/h1,3-12H2,2H3;2*2H2,1H3,(H,4,5);;/q-1;;;+2;+1/p-2. The molecular weight excluding hydrogens is 343 g/mol. The van der Waals surface area contributed by atoms with Gasteiger partial charge in [0.15, 0.2) is 0 Å². The SMILES string of the molecule is CCC(=O)[O-].CCC(=O)[O-].[CH2-]CCCCCCCCCCC.[Ca+2].[Na+]. The predicted octanol–water partition coefficient (Wildman–Crippen LogP) is -0.343. The van der Waals surface area contributed by atoms with Crippen molar-refractivity contribution in [3.8, 4) is 0 Å². The van der Waals surface area contributed by atoms with Crippen LogP contribution in [0.25, 0.3) is 0 Å². The largest absolute Gasteiger partial charge is 2.00 e.